The van der Waals surface area contributed by atoms with Crippen LogP contribution in [0.15, 0.2) is 47.4 Å². The molecule has 1 heterocycles. The van der Waals surface area contributed by atoms with Gasteiger partial charge in [0.1, 0.15) is 12.3 Å². The van der Waals surface area contributed by atoms with E-state index >= 15 is 0 Å². The smallest absolute Gasteiger partial charge is 0.294 e. The van der Waals surface area contributed by atoms with Crippen LogP contribution in [0.3, 0.4) is 0 Å². The molecule has 0 bridgehead atoms. The number of hydrogen-bond acceptors (Lipinski definition) is 5. The Morgan fingerprint density at radius 3 is 2.62 bits per heavy atom. The number of imide groups is 1. The topological polar surface area (TPSA) is 75.7 Å². The highest BCUT2D eigenvalue weighted by Gasteiger charge is 2.36. The second kappa shape index (κ2) is 9.15. The number of carbonyl (C=O) groups excluding carboxylic acids is 3. The number of ether oxygens (including phenoxy) is 1. The second-order valence-electron chi connectivity index (χ2n) is 6.28. The summed E-state index contributed by atoms with van der Waals surface area (Å²) in [6.45, 7) is 3.92. The summed E-state index contributed by atoms with van der Waals surface area (Å²) >= 11 is 6.76. The molecule has 0 unspecified atom stereocenters. The van der Waals surface area contributed by atoms with Crippen molar-refractivity contribution >= 4 is 52.2 Å². The van der Waals surface area contributed by atoms with E-state index in [-0.39, 0.29) is 11.4 Å². The summed E-state index contributed by atoms with van der Waals surface area (Å²) in [5.41, 5.74) is 2.13. The van der Waals surface area contributed by atoms with E-state index in [0.717, 1.165) is 33.5 Å². The zero-order valence-electron chi connectivity index (χ0n) is 15.9. The van der Waals surface area contributed by atoms with Crippen LogP contribution >= 0.6 is 23.4 Å². The fourth-order valence-electron chi connectivity index (χ4n) is 2.68. The molecule has 1 aliphatic heterocycles. The molecule has 1 saturated heterocycles. The number of anilines is 1. The first kappa shape index (κ1) is 21.0. The van der Waals surface area contributed by atoms with Crippen molar-refractivity contribution in [2.45, 2.75) is 13.8 Å². The molecule has 1 aliphatic rings. The minimum atomic E-state index is -0.494. The van der Waals surface area contributed by atoms with Crippen molar-refractivity contribution in [3.63, 3.8) is 0 Å². The molecule has 1 fully saturated rings. The maximum absolute atomic E-state index is 12.6. The van der Waals surface area contributed by atoms with Gasteiger partial charge in [-0.2, -0.15) is 0 Å². The van der Waals surface area contributed by atoms with Crippen molar-refractivity contribution in [2.24, 2.45) is 0 Å². The lowest BCUT2D eigenvalue weighted by molar-refractivity contribution is -0.127. The van der Waals surface area contributed by atoms with Crippen molar-refractivity contribution in [2.75, 3.05) is 18.5 Å². The van der Waals surface area contributed by atoms with Gasteiger partial charge in [0.05, 0.1) is 11.5 Å². The summed E-state index contributed by atoms with van der Waals surface area (Å²) in [5.74, 6) is -0.238. The molecule has 29 heavy (non-hydrogen) atoms. The largest absolute Gasteiger partial charge is 0.494 e. The number of nitrogens with zero attached hydrogens (tertiary/aromatic N) is 1. The van der Waals surface area contributed by atoms with E-state index in [4.69, 9.17) is 16.3 Å². The molecule has 3 rings (SSSR count). The van der Waals surface area contributed by atoms with E-state index in [2.05, 4.69) is 5.32 Å². The van der Waals surface area contributed by atoms with Crippen LogP contribution in [0.5, 0.6) is 5.75 Å². The van der Waals surface area contributed by atoms with Gasteiger partial charge in [-0.25, -0.2) is 0 Å². The number of halogens is 1. The van der Waals surface area contributed by atoms with Crippen LogP contribution in [0.1, 0.15) is 18.1 Å². The average molecular weight is 431 g/mol. The third-order valence-electron chi connectivity index (χ3n) is 4.14. The van der Waals surface area contributed by atoms with Crippen LogP contribution < -0.4 is 10.1 Å². The van der Waals surface area contributed by atoms with E-state index in [1.165, 1.54) is 0 Å². The highest BCUT2D eigenvalue weighted by molar-refractivity contribution is 8.18. The number of hydrogen-bond donors (Lipinski definition) is 1. The Balaban J connectivity index is 1.68. The summed E-state index contributed by atoms with van der Waals surface area (Å²) in [6.07, 6.45) is 1.62. The van der Waals surface area contributed by atoms with Crippen LogP contribution in [0, 0.1) is 6.92 Å². The molecule has 0 spiro atoms. The van der Waals surface area contributed by atoms with Crippen LogP contribution in [-0.2, 0) is 9.59 Å². The Labute approximate surface area is 177 Å². The first-order valence-corrected chi connectivity index (χ1v) is 10.1. The highest BCUT2D eigenvalue weighted by atomic mass is 35.5. The van der Waals surface area contributed by atoms with E-state index in [0.29, 0.717) is 17.3 Å². The van der Waals surface area contributed by atoms with Gasteiger partial charge in [0.15, 0.2) is 0 Å². The quantitative estimate of drug-likeness (QED) is 0.671. The van der Waals surface area contributed by atoms with Gasteiger partial charge < -0.3 is 10.1 Å². The van der Waals surface area contributed by atoms with Crippen molar-refractivity contribution in [3.05, 3.63) is 63.5 Å². The minimum absolute atomic E-state index is 0.269. The number of amides is 3. The summed E-state index contributed by atoms with van der Waals surface area (Å²) in [6, 6.07) is 12.3. The summed E-state index contributed by atoms with van der Waals surface area (Å²) < 4.78 is 5.39. The van der Waals surface area contributed by atoms with Gasteiger partial charge in [-0.15, -0.1) is 0 Å². The summed E-state index contributed by atoms with van der Waals surface area (Å²) in [4.78, 5) is 38.4. The monoisotopic (exact) mass is 430 g/mol. The molecular weight excluding hydrogens is 412 g/mol. The Kier molecular flexibility index (Phi) is 6.61. The van der Waals surface area contributed by atoms with E-state index in [9.17, 15) is 14.4 Å². The number of nitrogens with one attached hydrogen (secondary N) is 1. The molecule has 2 aromatic carbocycles. The van der Waals surface area contributed by atoms with E-state index in [1.807, 2.05) is 13.8 Å². The molecular formula is C21H19ClN2O4S. The highest BCUT2D eigenvalue weighted by Crippen LogP contribution is 2.32. The predicted molar refractivity (Wildman–Crippen MR) is 115 cm³/mol. The zero-order chi connectivity index (χ0) is 21.0. The van der Waals surface area contributed by atoms with Gasteiger partial charge in [0.2, 0.25) is 5.91 Å². The normalized spacial score (nSPS) is 15.1. The zero-order valence-corrected chi connectivity index (χ0v) is 17.5. The van der Waals surface area contributed by atoms with Gasteiger partial charge in [-0.1, -0.05) is 29.8 Å². The molecule has 0 saturated carbocycles. The SMILES string of the molecule is CCOc1ccc(/C=C2/SC(=O)N(CC(=O)Nc3cc(Cl)ccc3C)C2=O)cc1. The second-order valence-corrected chi connectivity index (χ2v) is 7.71. The molecule has 6 nitrogen and oxygen atoms in total. The molecule has 3 amide bonds. The fraction of sp³-hybridized carbons (Fsp3) is 0.190. The number of aryl methyl sites for hydroxylation is 1. The first-order chi connectivity index (χ1) is 13.9. The standard InChI is InChI=1S/C21H19ClN2O4S/c1-3-28-16-8-5-14(6-9-16)10-18-20(26)24(21(27)29-18)12-19(25)23-17-11-15(22)7-4-13(17)2/h4-11H,3,12H2,1-2H3,(H,23,25)/b18-10+. The molecule has 2 aromatic rings. The van der Waals surface area contributed by atoms with Crippen molar-refractivity contribution in [3.8, 4) is 5.75 Å². The molecule has 1 N–H and O–H groups in total. The van der Waals surface area contributed by atoms with Crippen LogP contribution in [0.25, 0.3) is 6.08 Å². The van der Waals surface area contributed by atoms with Gasteiger partial charge in [0.25, 0.3) is 11.1 Å². The van der Waals surface area contributed by atoms with E-state index in [1.54, 1.807) is 48.5 Å². The molecule has 0 radical (unpaired) electrons. The Morgan fingerprint density at radius 1 is 1.21 bits per heavy atom. The lowest BCUT2D eigenvalue weighted by Crippen LogP contribution is -2.36. The van der Waals surface area contributed by atoms with Crippen LogP contribution in [0.2, 0.25) is 5.02 Å². The number of carbonyl (C=O) groups is 3. The van der Waals surface area contributed by atoms with Crippen molar-refractivity contribution in [1.29, 1.82) is 0 Å². The van der Waals surface area contributed by atoms with E-state index < -0.39 is 17.1 Å². The maximum atomic E-state index is 12.6. The average Bonchev–Trinajstić information content (AvgIpc) is 2.94. The van der Waals surface area contributed by atoms with Gasteiger partial charge in [-0.05, 0) is 67.1 Å². The van der Waals surface area contributed by atoms with Crippen molar-refractivity contribution < 1.29 is 19.1 Å². The minimum Gasteiger partial charge on any atom is -0.494 e. The number of thioether (sulfide) groups is 1. The molecule has 0 aromatic heterocycles. The third-order valence-corrected chi connectivity index (χ3v) is 5.28. The summed E-state index contributed by atoms with van der Waals surface area (Å²) in [5, 5.41) is 2.69. The van der Waals surface area contributed by atoms with Gasteiger partial charge in [-0.3, -0.25) is 19.3 Å². The lowest BCUT2D eigenvalue weighted by Gasteiger charge is -2.13. The van der Waals surface area contributed by atoms with Crippen LogP contribution in [-0.4, -0.2) is 35.1 Å². The fourth-order valence-corrected chi connectivity index (χ4v) is 3.69. The Morgan fingerprint density at radius 2 is 1.93 bits per heavy atom. The number of benzene rings is 2. The number of rotatable bonds is 6. The Bertz CT molecular complexity index is 989. The maximum Gasteiger partial charge on any atom is 0.294 e. The summed E-state index contributed by atoms with van der Waals surface area (Å²) in [7, 11) is 0. The first-order valence-electron chi connectivity index (χ1n) is 8.91. The predicted octanol–water partition coefficient (Wildman–Crippen LogP) is 4.72. The van der Waals surface area contributed by atoms with Gasteiger partial charge >= 0.3 is 0 Å². The van der Waals surface area contributed by atoms with Crippen molar-refractivity contribution in [1.82, 2.24) is 4.90 Å². The molecule has 150 valence electrons. The molecule has 8 heteroatoms. The van der Waals surface area contributed by atoms with Gasteiger partial charge in [0, 0.05) is 10.7 Å². The van der Waals surface area contributed by atoms with Crippen LogP contribution in [0.4, 0.5) is 10.5 Å². The lowest BCUT2D eigenvalue weighted by atomic mass is 10.2. The molecule has 0 aliphatic carbocycles. The molecule has 0 atom stereocenters. The third kappa shape index (κ3) is 5.19. The Hall–Kier alpha value is -2.77.